The first-order valence-corrected chi connectivity index (χ1v) is 8.26. The largest absolute Gasteiger partial charge is 0.356 e. The summed E-state index contributed by atoms with van der Waals surface area (Å²) >= 11 is 0. The molecular weight excluding hydrogens is 296 g/mol. The average Bonchev–Trinajstić information content (AvgIpc) is 3.34. The van der Waals surface area contributed by atoms with Gasteiger partial charge in [-0.05, 0) is 32.1 Å². The number of hydrogen-bond donors (Lipinski definition) is 2. The quantitative estimate of drug-likeness (QED) is 0.825. The van der Waals surface area contributed by atoms with Crippen LogP contribution in [0.25, 0.3) is 0 Å². The third kappa shape index (κ3) is 2.54. The highest BCUT2D eigenvalue weighted by atomic mass is 16.2. The zero-order valence-electron chi connectivity index (χ0n) is 12.9. The molecule has 1 saturated carbocycles. The van der Waals surface area contributed by atoms with E-state index in [2.05, 4.69) is 15.3 Å². The number of piperidine rings is 1. The van der Waals surface area contributed by atoms with E-state index >= 15 is 0 Å². The molecule has 2 saturated heterocycles. The van der Waals surface area contributed by atoms with Crippen LogP contribution in [0.3, 0.4) is 0 Å². The fourth-order valence-corrected chi connectivity index (χ4v) is 3.63. The summed E-state index contributed by atoms with van der Waals surface area (Å²) in [6.45, 7) is 1.81. The Labute approximate surface area is 133 Å². The Bertz CT molecular complexity index is 714. The number of carbonyl (C=O) groups is 2. The molecule has 3 fully saturated rings. The van der Waals surface area contributed by atoms with Gasteiger partial charge in [0.15, 0.2) is 0 Å². The molecule has 1 aromatic rings. The molecule has 0 radical (unpaired) electrons. The lowest BCUT2D eigenvalue weighted by Gasteiger charge is -2.37. The van der Waals surface area contributed by atoms with E-state index in [9.17, 15) is 14.4 Å². The number of aromatic amines is 1. The predicted molar refractivity (Wildman–Crippen MR) is 82.0 cm³/mol. The monoisotopic (exact) mass is 316 g/mol. The van der Waals surface area contributed by atoms with Gasteiger partial charge in [0.2, 0.25) is 5.91 Å². The number of likely N-dealkylation sites (tertiary alicyclic amines) is 1. The molecule has 2 aliphatic heterocycles. The maximum atomic E-state index is 12.6. The lowest BCUT2D eigenvalue weighted by atomic mass is 9.77. The van der Waals surface area contributed by atoms with Gasteiger partial charge >= 0.3 is 0 Å². The first-order valence-electron chi connectivity index (χ1n) is 8.26. The molecule has 23 heavy (non-hydrogen) atoms. The molecule has 122 valence electrons. The van der Waals surface area contributed by atoms with Crippen LogP contribution in [0, 0.1) is 5.41 Å². The van der Waals surface area contributed by atoms with Crippen LogP contribution in [0.15, 0.2) is 10.9 Å². The third-order valence-corrected chi connectivity index (χ3v) is 5.32. The van der Waals surface area contributed by atoms with Gasteiger partial charge in [-0.15, -0.1) is 0 Å². The van der Waals surface area contributed by atoms with Gasteiger partial charge in [0.05, 0.1) is 5.41 Å². The van der Waals surface area contributed by atoms with Gasteiger partial charge in [0, 0.05) is 31.6 Å². The third-order valence-electron chi connectivity index (χ3n) is 5.32. The van der Waals surface area contributed by atoms with E-state index in [-0.39, 0.29) is 28.5 Å². The molecule has 1 spiro atoms. The molecule has 4 rings (SSSR count). The fourth-order valence-electron chi connectivity index (χ4n) is 3.63. The zero-order chi connectivity index (χ0) is 16.0. The van der Waals surface area contributed by atoms with Crippen LogP contribution in [0.1, 0.15) is 54.3 Å². The number of amides is 2. The molecule has 0 bridgehead atoms. The van der Waals surface area contributed by atoms with Gasteiger partial charge in [-0.25, -0.2) is 4.98 Å². The van der Waals surface area contributed by atoms with Crippen LogP contribution in [0.2, 0.25) is 0 Å². The van der Waals surface area contributed by atoms with Gasteiger partial charge in [-0.3, -0.25) is 14.4 Å². The Balaban J connectivity index is 1.50. The molecule has 1 aliphatic carbocycles. The lowest BCUT2D eigenvalue weighted by Crippen LogP contribution is -2.46. The number of rotatable bonds is 2. The van der Waals surface area contributed by atoms with E-state index in [1.165, 1.54) is 6.07 Å². The van der Waals surface area contributed by atoms with Gasteiger partial charge in [0.25, 0.3) is 11.5 Å². The van der Waals surface area contributed by atoms with E-state index in [0.29, 0.717) is 37.7 Å². The Hall–Kier alpha value is -2.18. The maximum Gasteiger partial charge on any atom is 0.272 e. The first kappa shape index (κ1) is 14.4. The van der Waals surface area contributed by atoms with Gasteiger partial charge in [0.1, 0.15) is 11.5 Å². The van der Waals surface area contributed by atoms with Crippen molar-refractivity contribution in [2.75, 3.05) is 19.6 Å². The van der Waals surface area contributed by atoms with Crippen molar-refractivity contribution in [2.24, 2.45) is 5.41 Å². The molecule has 0 atom stereocenters. The average molecular weight is 316 g/mol. The van der Waals surface area contributed by atoms with E-state index in [1.54, 1.807) is 4.90 Å². The molecular formula is C16H20N4O3. The van der Waals surface area contributed by atoms with Crippen LogP contribution >= 0.6 is 0 Å². The molecule has 3 aliphatic rings. The molecule has 1 aromatic heterocycles. The van der Waals surface area contributed by atoms with Gasteiger partial charge in [-0.1, -0.05) is 0 Å². The van der Waals surface area contributed by atoms with Crippen LogP contribution in [-0.4, -0.2) is 46.3 Å². The van der Waals surface area contributed by atoms with Crippen LogP contribution < -0.4 is 10.9 Å². The van der Waals surface area contributed by atoms with Crippen LogP contribution in [0.4, 0.5) is 0 Å². The number of nitrogens with one attached hydrogen (secondary N) is 2. The second kappa shape index (κ2) is 5.18. The summed E-state index contributed by atoms with van der Waals surface area (Å²) in [4.78, 5) is 45.2. The second-order valence-corrected chi connectivity index (χ2v) is 6.87. The number of aromatic nitrogens is 2. The maximum absolute atomic E-state index is 12.6. The summed E-state index contributed by atoms with van der Waals surface area (Å²) in [6.07, 6.45) is 4.25. The van der Waals surface area contributed by atoms with Crippen molar-refractivity contribution in [1.29, 1.82) is 0 Å². The molecule has 0 unspecified atom stereocenters. The van der Waals surface area contributed by atoms with E-state index in [1.807, 2.05) is 0 Å². The number of hydrogen-bond acceptors (Lipinski definition) is 4. The Kier molecular flexibility index (Phi) is 3.25. The Morgan fingerprint density at radius 2 is 1.96 bits per heavy atom. The lowest BCUT2D eigenvalue weighted by molar-refractivity contribution is -0.129. The summed E-state index contributed by atoms with van der Waals surface area (Å²) in [7, 11) is 0. The highest BCUT2D eigenvalue weighted by Crippen LogP contribution is 2.39. The zero-order valence-corrected chi connectivity index (χ0v) is 12.9. The van der Waals surface area contributed by atoms with Crippen molar-refractivity contribution in [2.45, 2.75) is 38.0 Å². The van der Waals surface area contributed by atoms with Crippen LogP contribution in [0.5, 0.6) is 0 Å². The highest BCUT2D eigenvalue weighted by Gasteiger charge is 2.45. The van der Waals surface area contributed by atoms with E-state index < -0.39 is 0 Å². The number of H-pyrrole nitrogens is 1. The minimum Gasteiger partial charge on any atom is -0.356 e. The van der Waals surface area contributed by atoms with Crippen molar-refractivity contribution in [3.05, 3.63) is 27.9 Å². The normalized spacial score (nSPS) is 23.1. The molecule has 0 aromatic carbocycles. The fraction of sp³-hybridized carbons (Fsp3) is 0.625. The summed E-state index contributed by atoms with van der Waals surface area (Å²) in [5.41, 5.74) is -0.339. The van der Waals surface area contributed by atoms with Crippen molar-refractivity contribution in [1.82, 2.24) is 20.2 Å². The van der Waals surface area contributed by atoms with Crippen molar-refractivity contribution >= 4 is 11.8 Å². The van der Waals surface area contributed by atoms with Gasteiger partial charge < -0.3 is 15.2 Å². The van der Waals surface area contributed by atoms with Crippen LogP contribution in [-0.2, 0) is 4.79 Å². The standard InChI is InChI=1S/C16H20N4O3/c21-12-9-11(18-13(19-12)10-1-2-10)14(22)20-7-4-16(5-8-20)3-6-17-15(16)23/h9-10H,1-8H2,(H,17,23)(H,18,19,21). The van der Waals surface area contributed by atoms with Crippen molar-refractivity contribution in [3.8, 4) is 0 Å². The van der Waals surface area contributed by atoms with Crippen molar-refractivity contribution < 1.29 is 9.59 Å². The van der Waals surface area contributed by atoms with E-state index in [4.69, 9.17) is 0 Å². The Morgan fingerprint density at radius 1 is 1.22 bits per heavy atom. The van der Waals surface area contributed by atoms with E-state index in [0.717, 1.165) is 25.8 Å². The predicted octanol–water partition coefficient (Wildman–Crippen LogP) is 0.390. The molecule has 7 nitrogen and oxygen atoms in total. The first-order chi connectivity index (χ1) is 11.1. The molecule has 3 heterocycles. The topological polar surface area (TPSA) is 95.2 Å². The summed E-state index contributed by atoms with van der Waals surface area (Å²) < 4.78 is 0. The number of carbonyl (C=O) groups excluding carboxylic acids is 2. The molecule has 7 heteroatoms. The van der Waals surface area contributed by atoms with Gasteiger partial charge in [-0.2, -0.15) is 0 Å². The number of nitrogens with zero attached hydrogens (tertiary/aromatic N) is 2. The summed E-state index contributed by atoms with van der Waals surface area (Å²) in [6, 6.07) is 1.28. The Morgan fingerprint density at radius 3 is 2.57 bits per heavy atom. The molecule has 2 amide bonds. The van der Waals surface area contributed by atoms with Crippen molar-refractivity contribution in [3.63, 3.8) is 0 Å². The minimum atomic E-state index is -0.294. The molecule has 2 N–H and O–H groups in total. The second-order valence-electron chi connectivity index (χ2n) is 6.87. The highest BCUT2D eigenvalue weighted by molar-refractivity contribution is 5.92. The summed E-state index contributed by atoms with van der Waals surface area (Å²) in [5, 5.41) is 2.89. The summed E-state index contributed by atoms with van der Waals surface area (Å²) in [5.74, 6) is 0.841. The smallest absolute Gasteiger partial charge is 0.272 e. The SMILES string of the molecule is O=C(c1cc(=O)[nH]c(C2CC2)n1)N1CCC2(CCNC2=O)CC1. The minimum absolute atomic E-state index is 0.120.